The van der Waals surface area contributed by atoms with E-state index in [-0.39, 0.29) is 30.1 Å². The quantitative estimate of drug-likeness (QED) is 0.207. The maximum Gasteiger partial charge on any atom is 0.196 e. The van der Waals surface area contributed by atoms with E-state index < -0.39 is 0 Å². The second-order valence-corrected chi connectivity index (χ2v) is 8.81. The Morgan fingerprint density at radius 2 is 1.94 bits per heavy atom. The Balaban J connectivity index is 0.00000363. The van der Waals surface area contributed by atoms with Gasteiger partial charge in [-0.25, -0.2) is 4.99 Å². The average Bonchev–Trinajstić information content (AvgIpc) is 3.16. The third kappa shape index (κ3) is 9.36. The summed E-state index contributed by atoms with van der Waals surface area (Å²) in [6.07, 6.45) is 7.77. The lowest BCUT2D eigenvalue weighted by atomic mass is 9.99. The number of aliphatic imine (C=N–C) groups is 1. The molecule has 0 unspecified atom stereocenters. The molecule has 1 aliphatic rings. The van der Waals surface area contributed by atoms with Gasteiger partial charge >= 0.3 is 0 Å². The molecule has 0 atom stereocenters. The van der Waals surface area contributed by atoms with Crippen LogP contribution in [0.3, 0.4) is 0 Å². The fraction of sp³-hybridized carbons (Fsp3) is 0.583. The molecule has 7 nitrogen and oxygen atoms in total. The molecule has 3 rings (SSSR count). The van der Waals surface area contributed by atoms with E-state index in [2.05, 4.69) is 27.6 Å². The van der Waals surface area contributed by atoms with E-state index >= 15 is 0 Å². The van der Waals surface area contributed by atoms with Gasteiger partial charge in [0, 0.05) is 31.0 Å². The number of halogens is 1. The van der Waals surface area contributed by atoms with E-state index in [0.717, 1.165) is 48.4 Å². The summed E-state index contributed by atoms with van der Waals surface area (Å²) >= 11 is 0. The summed E-state index contributed by atoms with van der Waals surface area (Å²) in [4.78, 5) is 7.34. The lowest BCUT2D eigenvalue weighted by Crippen LogP contribution is -2.36. The number of aryl methyl sites for hydroxylation is 1. The van der Waals surface area contributed by atoms with Crippen LogP contribution in [0.15, 0.2) is 41.7 Å². The summed E-state index contributed by atoms with van der Waals surface area (Å²) in [6.45, 7) is 11.5. The lowest BCUT2D eigenvalue weighted by Gasteiger charge is -2.30. The molecule has 1 aromatic heterocycles. The average molecular weight is 555 g/mol. The van der Waals surface area contributed by atoms with Crippen LogP contribution >= 0.6 is 24.0 Å². The fourth-order valence-electron chi connectivity index (χ4n) is 3.68. The number of nitrogens with zero attached hydrogens (tertiary/aromatic N) is 4. The van der Waals surface area contributed by atoms with E-state index in [4.69, 9.17) is 9.73 Å². The molecular weight excluding hydrogens is 515 g/mol. The molecular formula is C24H39IN6O. The Hall–Kier alpha value is -1.81. The summed E-state index contributed by atoms with van der Waals surface area (Å²) in [5, 5.41) is 11.1. The van der Waals surface area contributed by atoms with Gasteiger partial charge in [0.1, 0.15) is 5.75 Å². The van der Waals surface area contributed by atoms with Crippen molar-refractivity contribution in [1.29, 1.82) is 0 Å². The molecule has 0 bridgehead atoms. The van der Waals surface area contributed by atoms with Crippen LogP contribution in [0.1, 0.15) is 45.6 Å². The largest absolute Gasteiger partial charge is 0.491 e. The number of anilines is 1. The molecule has 1 fully saturated rings. The molecule has 0 radical (unpaired) electrons. The molecule has 0 aliphatic carbocycles. The Labute approximate surface area is 210 Å². The number of hydrogen-bond acceptors (Lipinski definition) is 4. The van der Waals surface area contributed by atoms with Crippen LogP contribution in [0.4, 0.5) is 5.69 Å². The van der Waals surface area contributed by atoms with Crippen molar-refractivity contribution in [2.75, 3.05) is 31.5 Å². The fourth-order valence-corrected chi connectivity index (χ4v) is 3.68. The first kappa shape index (κ1) is 26.4. The summed E-state index contributed by atoms with van der Waals surface area (Å²) in [6, 6.07) is 8.01. The van der Waals surface area contributed by atoms with Crippen LogP contribution in [-0.2, 0) is 13.6 Å². The first-order chi connectivity index (χ1) is 15.0. The van der Waals surface area contributed by atoms with E-state index in [1.165, 1.54) is 25.9 Å². The normalized spacial score (nSPS) is 15.5. The summed E-state index contributed by atoms with van der Waals surface area (Å²) in [5.74, 6) is 2.54. The Bertz CT molecular complexity index is 812. The molecule has 1 aromatic carbocycles. The molecule has 1 saturated heterocycles. The molecule has 2 N–H and O–H groups in total. The van der Waals surface area contributed by atoms with Gasteiger partial charge in [0.25, 0.3) is 0 Å². The molecule has 2 heterocycles. The van der Waals surface area contributed by atoms with Gasteiger partial charge in [0.05, 0.1) is 18.8 Å². The van der Waals surface area contributed by atoms with Crippen LogP contribution in [0.2, 0.25) is 0 Å². The van der Waals surface area contributed by atoms with E-state index in [0.29, 0.717) is 6.54 Å². The predicted molar refractivity (Wildman–Crippen MR) is 143 cm³/mol. The molecule has 1 aliphatic heterocycles. The minimum atomic E-state index is 0. The number of aromatic nitrogens is 2. The van der Waals surface area contributed by atoms with Crippen molar-refractivity contribution in [2.24, 2.45) is 18.0 Å². The summed E-state index contributed by atoms with van der Waals surface area (Å²) in [5.41, 5.74) is 2.07. The third-order valence-electron chi connectivity index (χ3n) is 5.49. The van der Waals surface area contributed by atoms with Crippen molar-refractivity contribution in [2.45, 2.75) is 52.7 Å². The van der Waals surface area contributed by atoms with Crippen molar-refractivity contribution in [1.82, 2.24) is 20.0 Å². The number of benzene rings is 1. The number of hydrogen-bond donors (Lipinski definition) is 2. The molecule has 8 heteroatoms. The molecule has 0 amide bonds. The standard InChI is InChI=1S/C24H38N6O.HI/c1-19(2)31-23-8-6-22(7-9-23)28-24(26-16-21-17-27-29(4)18-21)25-12-5-13-30-14-10-20(3)11-15-30;/h6-9,17-20H,5,10-16H2,1-4H3,(H2,25,26,28);1H. The minimum absolute atomic E-state index is 0. The van der Waals surface area contributed by atoms with Gasteiger partial charge in [0.15, 0.2) is 5.96 Å². The maximum atomic E-state index is 5.74. The number of ether oxygens (including phenoxy) is 1. The lowest BCUT2D eigenvalue weighted by molar-refractivity contribution is 0.191. The van der Waals surface area contributed by atoms with Crippen molar-refractivity contribution < 1.29 is 4.74 Å². The number of guanidine groups is 1. The van der Waals surface area contributed by atoms with Crippen LogP contribution in [0.5, 0.6) is 5.75 Å². The van der Waals surface area contributed by atoms with Crippen molar-refractivity contribution in [3.8, 4) is 5.75 Å². The second kappa shape index (κ2) is 13.7. The highest BCUT2D eigenvalue weighted by Gasteiger charge is 2.14. The number of likely N-dealkylation sites (tertiary alicyclic amines) is 1. The summed E-state index contributed by atoms with van der Waals surface area (Å²) < 4.78 is 7.54. The van der Waals surface area contributed by atoms with Crippen molar-refractivity contribution in [3.63, 3.8) is 0 Å². The Morgan fingerprint density at radius 1 is 1.22 bits per heavy atom. The zero-order valence-electron chi connectivity index (χ0n) is 19.9. The Kier molecular flexibility index (Phi) is 11.3. The van der Waals surface area contributed by atoms with Gasteiger partial charge < -0.3 is 20.3 Å². The van der Waals surface area contributed by atoms with E-state index in [1.54, 1.807) is 4.68 Å². The topological polar surface area (TPSA) is 66.7 Å². The monoisotopic (exact) mass is 554 g/mol. The number of piperidine rings is 1. The zero-order valence-corrected chi connectivity index (χ0v) is 22.2. The second-order valence-electron chi connectivity index (χ2n) is 8.81. The summed E-state index contributed by atoms with van der Waals surface area (Å²) in [7, 11) is 1.92. The smallest absolute Gasteiger partial charge is 0.196 e. The minimum Gasteiger partial charge on any atom is -0.491 e. The molecule has 2 aromatic rings. The van der Waals surface area contributed by atoms with Gasteiger partial charge in [-0.3, -0.25) is 4.68 Å². The highest BCUT2D eigenvalue weighted by Crippen LogP contribution is 2.17. The van der Waals surface area contributed by atoms with Crippen LogP contribution in [-0.4, -0.2) is 52.9 Å². The van der Waals surface area contributed by atoms with Gasteiger partial charge in [0.2, 0.25) is 0 Å². The zero-order chi connectivity index (χ0) is 22.1. The first-order valence-corrected chi connectivity index (χ1v) is 11.5. The number of nitrogens with one attached hydrogen (secondary N) is 2. The van der Waals surface area contributed by atoms with Crippen LogP contribution < -0.4 is 15.4 Å². The Morgan fingerprint density at radius 3 is 2.56 bits per heavy atom. The van der Waals surface area contributed by atoms with Gasteiger partial charge in [-0.2, -0.15) is 5.10 Å². The molecule has 0 spiro atoms. The first-order valence-electron chi connectivity index (χ1n) is 11.5. The highest BCUT2D eigenvalue weighted by atomic mass is 127. The SMILES string of the molecule is CC1CCN(CCCNC(=NCc2cnn(C)c2)Nc2ccc(OC(C)C)cc2)CC1.I. The molecule has 178 valence electrons. The van der Waals surface area contributed by atoms with Crippen molar-refractivity contribution in [3.05, 3.63) is 42.2 Å². The van der Waals surface area contributed by atoms with Gasteiger partial charge in [-0.1, -0.05) is 6.92 Å². The van der Waals surface area contributed by atoms with Crippen LogP contribution in [0, 0.1) is 5.92 Å². The highest BCUT2D eigenvalue weighted by molar-refractivity contribution is 14.0. The third-order valence-corrected chi connectivity index (χ3v) is 5.49. The number of rotatable bonds is 9. The molecule has 32 heavy (non-hydrogen) atoms. The molecule has 0 saturated carbocycles. The predicted octanol–water partition coefficient (Wildman–Crippen LogP) is 4.51. The maximum absolute atomic E-state index is 5.74. The van der Waals surface area contributed by atoms with Gasteiger partial charge in [-0.15, -0.1) is 24.0 Å². The van der Waals surface area contributed by atoms with E-state index in [9.17, 15) is 0 Å². The van der Waals surface area contributed by atoms with Crippen LogP contribution in [0.25, 0.3) is 0 Å². The van der Waals surface area contributed by atoms with E-state index in [1.807, 2.05) is 57.6 Å². The van der Waals surface area contributed by atoms with Crippen molar-refractivity contribution >= 4 is 35.6 Å². The van der Waals surface area contributed by atoms with Gasteiger partial charge in [-0.05, 0) is 82.9 Å².